The molecule has 0 fully saturated rings. The Kier molecular flexibility index (Phi) is 5.28. The number of carbonyl (C=O) groups is 2. The van der Waals surface area contributed by atoms with Crippen LogP contribution in [0.1, 0.15) is 15.9 Å². The van der Waals surface area contributed by atoms with Gasteiger partial charge in [0.1, 0.15) is 6.04 Å². The monoisotopic (exact) mass is 415 g/mol. The molecule has 4 rings (SSSR count). The summed E-state index contributed by atoms with van der Waals surface area (Å²) < 4.78 is 0. The number of carboxylic acid groups (broad SMARTS) is 1. The minimum atomic E-state index is -1.35. The summed E-state index contributed by atoms with van der Waals surface area (Å²) >= 11 is 0. The van der Waals surface area contributed by atoms with Gasteiger partial charge in [0, 0.05) is 28.8 Å². The summed E-state index contributed by atoms with van der Waals surface area (Å²) in [6.07, 6.45) is -0.223. The first kappa shape index (κ1) is 20.0. The molecule has 0 aliphatic carbocycles. The minimum absolute atomic E-state index is 0.192. The summed E-state index contributed by atoms with van der Waals surface area (Å²) in [6.45, 7) is 0. The molecule has 3 aromatic carbocycles. The average Bonchev–Trinajstić information content (AvgIpc) is 2.77. The largest absolute Gasteiger partial charge is 0.480 e. The van der Waals surface area contributed by atoms with Gasteiger partial charge < -0.3 is 10.4 Å². The van der Waals surface area contributed by atoms with Gasteiger partial charge in [-0.3, -0.25) is 14.9 Å². The predicted octanol–water partition coefficient (Wildman–Crippen LogP) is 3.72. The maximum absolute atomic E-state index is 13.3. The summed E-state index contributed by atoms with van der Waals surface area (Å²) in [5, 5.41) is 24.7. The van der Waals surface area contributed by atoms with E-state index in [2.05, 4.69) is 10.3 Å². The van der Waals surface area contributed by atoms with Gasteiger partial charge in [0.15, 0.2) is 0 Å². The molecule has 0 aliphatic rings. The molecule has 31 heavy (non-hydrogen) atoms. The fraction of sp³-hybridized carbons (Fsp3) is 0.0870. The number of amides is 1. The third-order valence-corrected chi connectivity index (χ3v) is 5.03. The normalized spacial score (nSPS) is 11.9. The summed E-state index contributed by atoms with van der Waals surface area (Å²) in [5.41, 5.74) is 1.57. The van der Waals surface area contributed by atoms with Crippen molar-refractivity contribution in [3.63, 3.8) is 0 Å². The number of carbonyl (C=O) groups excluding carboxylic acids is 1. The lowest BCUT2D eigenvalue weighted by atomic mass is 10.00. The zero-order valence-corrected chi connectivity index (χ0v) is 16.2. The van der Waals surface area contributed by atoms with Crippen molar-refractivity contribution in [1.82, 2.24) is 10.3 Å². The molecule has 0 radical (unpaired) electrons. The third kappa shape index (κ3) is 3.91. The van der Waals surface area contributed by atoms with Gasteiger partial charge in [0.2, 0.25) is 0 Å². The van der Waals surface area contributed by atoms with Crippen LogP contribution in [-0.2, 0) is 11.2 Å². The molecule has 1 amide bonds. The fourth-order valence-electron chi connectivity index (χ4n) is 3.60. The minimum Gasteiger partial charge on any atom is -0.480 e. The standard InChI is InChI=1S/C23H17N3O5/c27-22(25-19(23(28)29)13-14-7-1-6-12-20(14)26(30)31)21-15-8-2-4-10-17(15)24-18-11-5-3-9-16(18)21/h1-12,19H,13H2,(H,25,27)(H,28,29)/t19-/m1/s1. The number of pyridine rings is 1. The van der Waals surface area contributed by atoms with Gasteiger partial charge in [-0.2, -0.15) is 0 Å². The van der Waals surface area contributed by atoms with Crippen molar-refractivity contribution in [3.05, 3.63) is 94.0 Å². The number of nitrogens with one attached hydrogen (secondary N) is 1. The van der Waals surface area contributed by atoms with Gasteiger partial charge in [-0.1, -0.05) is 54.6 Å². The van der Waals surface area contributed by atoms with Gasteiger partial charge in [0.05, 0.1) is 21.5 Å². The Bertz CT molecular complexity index is 1280. The highest BCUT2D eigenvalue weighted by Gasteiger charge is 2.26. The number of aliphatic carboxylic acids is 1. The van der Waals surface area contributed by atoms with Gasteiger partial charge >= 0.3 is 5.97 Å². The summed E-state index contributed by atoms with van der Waals surface area (Å²) in [5.74, 6) is -1.87. The number of para-hydroxylation sites is 3. The molecule has 154 valence electrons. The predicted molar refractivity (Wildman–Crippen MR) is 115 cm³/mol. The SMILES string of the molecule is O=C(N[C@H](Cc1ccccc1[N+](=O)[O-])C(=O)O)c1c2ccccc2nc2ccccc12. The number of aromatic nitrogens is 1. The first-order valence-corrected chi connectivity index (χ1v) is 9.49. The molecular weight excluding hydrogens is 398 g/mol. The molecular formula is C23H17N3O5. The third-order valence-electron chi connectivity index (χ3n) is 5.03. The van der Waals surface area contributed by atoms with E-state index in [1.807, 2.05) is 0 Å². The number of fused-ring (bicyclic) bond motifs is 2. The molecule has 8 nitrogen and oxygen atoms in total. The van der Waals surface area contributed by atoms with Gasteiger partial charge in [-0.25, -0.2) is 9.78 Å². The van der Waals surface area contributed by atoms with E-state index in [1.165, 1.54) is 18.2 Å². The number of hydrogen-bond donors (Lipinski definition) is 2. The highest BCUT2D eigenvalue weighted by atomic mass is 16.6. The number of hydrogen-bond acceptors (Lipinski definition) is 5. The summed E-state index contributed by atoms with van der Waals surface area (Å²) in [4.78, 5) is 40.4. The zero-order valence-electron chi connectivity index (χ0n) is 16.2. The molecule has 0 saturated carbocycles. The number of benzene rings is 3. The van der Waals surface area contributed by atoms with Crippen molar-refractivity contribution in [2.75, 3.05) is 0 Å². The number of nitro groups is 1. The maximum atomic E-state index is 13.3. The van der Waals surface area contributed by atoms with Crippen LogP contribution in [0.25, 0.3) is 21.8 Å². The molecule has 0 aliphatic heterocycles. The first-order valence-electron chi connectivity index (χ1n) is 9.49. The van der Waals surface area contributed by atoms with Crippen LogP contribution in [0.4, 0.5) is 5.69 Å². The average molecular weight is 415 g/mol. The second-order valence-electron chi connectivity index (χ2n) is 6.98. The lowest BCUT2D eigenvalue weighted by molar-refractivity contribution is -0.385. The summed E-state index contributed by atoms with van der Waals surface area (Å²) in [7, 11) is 0. The van der Waals surface area contributed by atoms with E-state index in [0.29, 0.717) is 27.4 Å². The van der Waals surface area contributed by atoms with Crippen LogP contribution in [0, 0.1) is 10.1 Å². The number of rotatable bonds is 6. The Morgan fingerprint density at radius 1 is 0.935 bits per heavy atom. The second kappa shape index (κ2) is 8.19. The molecule has 8 heteroatoms. The van der Waals surface area contributed by atoms with Crippen molar-refractivity contribution in [1.29, 1.82) is 0 Å². The van der Waals surface area contributed by atoms with Gasteiger partial charge in [-0.05, 0) is 12.1 Å². The van der Waals surface area contributed by atoms with Crippen LogP contribution in [0.15, 0.2) is 72.8 Å². The van der Waals surface area contributed by atoms with E-state index in [9.17, 15) is 24.8 Å². The Balaban J connectivity index is 1.75. The van der Waals surface area contributed by atoms with Crippen LogP contribution in [-0.4, -0.2) is 32.9 Å². The Labute approximate surface area is 176 Å². The van der Waals surface area contributed by atoms with E-state index in [-0.39, 0.29) is 17.7 Å². The molecule has 0 spiro atoms. The van der Waals surface area contributed by atoms with Gasteiger partial charge in [0.25, 0.3) is 11.6 Å². The van der Waals surface area contributed by atoms with Crippen LogP contribution in [0.5, 0.6) is 0 Å². The van der Waals surface area contributed by atoms with E-state index in [1.54, 1.807) is 54.6 Å². The molecule has 0 bridgehead atoms. The van der Waals surface area contributed by atoms with E-state index < -0.39 is 22.8 Å². The van der Waals surface area contributed by atoms with Crippen molar-refractivity contribution in [2.24, 2.45) is 0 Å². The van der Waals surface area contributed by atoms with Crippen LogP contribution in [0.3, 0.4) is 0 Å². The molecule has 4 aromatic rings. The molecule has 0 unspecified atom stereocenters. The van der Waals surface area contributed by atoms with Crippen molar-refractivity contribution in [3.8, 4) is 0 Å². The van der Waals surface area contributed by atoms with E-state index in [0.717, 1.165) is 0 Å². The Morgan fingerprint density at radius 2 is 1.48 bits per heavy atom. The Hall–Kier alpha value is -4.33. The highest BCUT2D eigenvalue weighted by molar-refractivity contribution is 6.16. The maximum Gasteiger partial charge on any atom is 0.326 e. The molecule has 1 aromatic heterocycles. The van der Waals surface area contributed by atoms with Gasteiger partial charge in [-0.15, -0.1) is 0 Å². The van der Waals surface area contributed by atoms with Crippen molar-refractivity contribution < 1.29 is 19.6 Å². The smallest absolute Gasteiger partial charge is 0.326 e. The van der Waals surface area contributed by atoms with E-state index in [4.69, 9.17) is 0 Å². The first-order chi connectivity index (χ1) is 15.0. The summed E-state index contributed by atoms with van der Waals surface area (Å²) in [6, 6.07) is 18.8. The number of carboxylic acids is 1. The van der Waals surface area contributed by atoms with Crippen LogP contribution in [0.2, 0.25) is 0 Å². The van der Waals surface area contributed by atoms with Crippen molar-refractivity contribution in [2.45, 2.75) is 12.5 Å². The lowest BCUT2D eigenvalue weighted by Gasteiger charge is -2.17. The molecule has 1 atom stereocenters. The number of nitro benzene ring substituents is 1. The number of nitrogens with zero attached hydrogens (tertiary/aromatic N) is 2. The quantitative estimate of drug-likeness (QED) is 0.281. The fourth-order valence-corrected chi connectivity index (χ4v) is 3.60. The Morgan fingerprint density at radius 3 is 2.06 bits per heavy atom. The molecule has 1 heterocycles. The zero-order chi connectivity index (χ0) is 22.0. The molecule has 2 N–H and O–H groups in total. The lowest BCUT2D eigenvalue weighted by Crippen LogP contribution is -2.42. The van der Waals surface area contributed by atoms with Crippen molar-refractivity contribution >= 4 is 39.4 Å². The van der Waals surface area contributed by atoms with Crippen LogP contribution < -0.4 is 5.32 Å². The topological polar surface area (TPSA) is 122 Å². The van der Waals surface area contributed by atoms with Crippen LogP contribution >= 0.6 is 0 Å². The van der Waals surface area contributed by atoms with E-state index >= 15 is 0 Å². The molecule has 0 saturated heterocycles. The highest BCUT2D eigenvalue weighted by Crippen LogP contribution is 2.26. The second-order valence-corrected chi connectivity index (χ2v) is 6.98.